The zero-order valence-electron chi connectivity index (χ0n) is 46.8. The van der Waals surface area contributed by atoms with E-state index in [9.17, 15) is 19.8 Å². The molecule has 0 saturated carbocycles. The number of unbranched alkanes of at least 4 members (excludes halogenated alkanes) is 48. The van der Waals surface area contributed by atoms with Gasteiger partial charge in [-0.2, -0.15) is 0 Å². The lowest BCUT2D eigenvalue weighted by atomic mass is 10.0. The van der Waals surface area contributed by atoms with Crippen molar-refractivity contribution in [3.63, 3.8) is 0 Å². The minimum Gasteiger partial charge on any atom is -0.466 e. The lowest BCUT2D eigenvalue weighted by Crippen LogP contribution is -2.45. The van der Waals surface area contributed by atoms with Gasteiger partial charge in [0, 0.05) is 12.8 Å². The lowest BCUT2D eigenvalue weighted by Gasteiger charge is -2.20. The van der Waals surface area contributed by atoms with E-state index in [0.717, 1.165) is 38.5 Å². The molecule has 0 aromatic carbocycles. The highest BCUT2D eigenvalue weighted by Crippen LogP contribution is 2.18. The number of carbonyl (C=O) groups excluding carboxylic acids is 2. The Hall–Kier alpha value is -1.40. The molecule has 0 aliphatic heterocycles. The second-order valence-corrected chi connectivity index (χ2v) is 21.8. The van der Waals surface area contributed by atoms with Crippen LogP contribution in [-0.4, -0.2) is 47.4 Å². The Morgan fingerprint density at radius 3 is 0.986 bits per heavy atom. The van der Waals surface area contributed by atoms with Gasteiger partial charge in [0.2, 0.25) is 5.91 Å². The third-order valence-corrected chi connectivity index (χ3v) is 14.8. The van der Waals surface area contributed by atoms with Crippen LogP contribution in [0.2, 0.25) is 0 Å². The monoisotopic (exact) mass is 974 g/mol. The van der Waals surface area contributed by atoms with Crippen LogP contribution in [0.3, 0.4) is 0 Å². The van der Waals surface area contributed by atoms with Gasteiger partial charge < -0.3 is 20.3 Å². The summed E-state index contributed by atoms with van der Waals surface area (Å²) in [6.45, 7) is 4.93. The molecule has 6 nitrogen and oxygen atoms in total. The van der Waals surface area contributed by atoms with Gasteiger partial charge in [-0.15, -0.1) is 0 Å². The molecule has 0 radical (unpaired) electrons. The molecule has 0 saturated heterocycles. The fourth-order valence-electron chi connectivity index (χ4n) is 9.99. The molecule has 0 heterocycles. The SMILES string of the molecule is CCCCCCCCCCCCCCCCC/C=C/C(O)C(CO)NC(=O)CCCCCCCCCCCCCCCCCCCOC(=O)CCCCCCCCCCCCCCCCCCCC. The number of nitrogens with one attached hydrogen (secondary N) is 1. The van der Waals surface area contributed by atoms with Crippen molar-refractivity contribution >= 4 is 11.9 Å². The average molecular weight is 975 g/mol. The summed E-state index contributed by atoms with van der Waals surface area (Å²) in [6.07, 6.45) is 71.0. The third kappa shape index (κ3) is 55.8. The summed E-state index contributed by atoms with van der Waals surface area (Å²) in [5, 5.41) is 23.2. The van der Waals surface area contributed by atoms with Crippen LogP contribution in [0.25, 0.3) is 0 Å². The summed E-state index contributed by atoms with van der Waals surface area (Å²) < 4.78 is 5.50. The number of esters is 1. The zero-order chi connectivity index (χ0) is 50.0. The molecule has 2 atom stereocenters. The second kappa shape index (κ2) is 59.2. The molecule has 0 aromatic rings. The van der Waals surface area contributed by atoms with E-state index in [1.165, 1.54) is 289 Å². The zero-order valence-corrected chi connectivity index (χ0v) is 46.8. The molecule has 0 aromatic heterocycles. The molecule has 69 heavy (non-hydrogen) atoms. The summed E-state index contributed by atoms with van der Waals surface area (Å²) in [5.74, 6) is -0.0604. The van der Waals surface area contributed by atoms with Gasteiger partial charge in [-0.1, -0.05) is 321 Å². The van der Waals surface area contributed by atoms with Crippen LogP contribution in [0.4, 0.5) is 0 Å². The van der Waals surface area contributed by atoms with Gasteiger partial charge in [0.25, 0.3) is 0 Å². The number of allylic oxidation sites excluding steroid dienone is 1. The summed E-state index contributed by atoms with van der Waals surface area (Å²) in [5.41, 5.74) is 0. The van der Waals surface area contributed by atoms with Crippen molar-refractivity contribution in [3.8, 4) is 0 Å². The van der Waals surface area contributed by atoms with E-state index in [2.05, 4.69) is 19.2 Å². The largest absolute Gasteiger partial charge is 0.466 e. The maximum absolute atomic E-state index is 12.5. The Labute approximate surface area is 431 Å². The van der Waals surface area contributed by atoms with Crippen molar-refractivity contribution in [2.75, 3.05) is 13.2 Å². The molecule has 1 amide bonds. The summed E-state index contributed by atoms with van der Waals surface area (Å²) >= 11 is 0. The van der Waals surface area contributed by atoms with Crippen molar-refractivity contribution in [1.82, 2.24) is 5.32 Å². The van der Waals surface area contributed by atoms with Gasteiger partial charge in [0.05, 0.1) is 25.4 Å². The predicted octanol–water partition coefficient (Wildman–Crippen LogP) is 19.6. The standard InChI is InChI=1S/C63H123NO5/c1-3-5-7-9-11-13-15-17-19-21-25-29-33-37-41-45-49-53-57-63(68)69-58-54-50-46-42-38-34-30-26-22-24-28-32-36-40-44-48-52-56-62(67)64-60(59-65)61(66)55-51-47-43-39-35-31-27-23-20-18-16-14-12-10-8-6-4-2/h51,55,60-61,65-66H,3-50,52-54,56-59H2,1-2H3,(H,64,67)/b55-51+. The molecule has 0 fully saturated rings. The Morgan fingerprint density at radius 1 is 0.391 bits per heavy atom. The van der Waals surface area contributed by atoms with Gasteiger partial charge in [0.15, 0.2) is 0 Å². The van der Waals surface area contributed by atoms with Crippen LogP contribution in [-0.2, 0) is 14.3 Å². The van der Waals surface area contributed by atoms with Crippen molar-refractivity contribution in [2.45, 2.75) is 366 Å². The minimum absolute atomic E-state index is 0.00968. The Bertz CT molecular complexity index is 1030. The van der Waals surface area contributed by atoms with E-state index >= 15 is 0 Å². The van der Waals surface area contributed by atoms with Crippen LogP contribution >= 0.6 is 0 Å². The number of rotatable bonds is 59. The molecular formula is C63H123NO5. The van der Waals surface area contributed by atoms with Crippen LogP contribution in [0.1, 0.15) is 354 Å². The number of aliphatic hydroxyl groups is 2. The van der Waals surface area contributed by atoms with Crippen LogP contribution < -0.4 is 5.32 Å². The van der Waals surface area contributed by atoms with Gasteiger partial charge in [-0.25, -0.2) is 0 Å². The molecule has 3 N–H and O–H groups in total. The van der Waals surface area contributed by atoms with Gasteiger partial charge in [-0.3, -0.25) is 9.59 Å². The minimum atomic E-state index is -0.847. The highest BCUT2D eigenvalue weighted by atomic mass is 16.5. The molecule has 2 unspecified atom stereocenters. The molecule has 0 bridgehead atoms. The number of amides is 1. The van der Waals surface area contributed by atoms with Crippen LogP contribution in [0.15, 0.2) is 12.2 Å². The lowest BCUT2D eigenvalue weighted by molar-refractivity contribution is -0.143. The fourth-order valence-corrected chi connectivity index (χ4v) is 9.99. The normalized spacial score (nSPS) is 12.6. The Balaban J connectivity index is 3.41. The number of hydrogen-bond donors (Lipinski definition) is 3. The Kier molecular flexibility index (Phi) is 58.0. The second-order valence-electron chi connectivity index (χ2n) is 21.8. The van der Waals surface area contributed by atoms with Crippen molar-refractivity contribution in [1.29, 1.82) is 0 Å². The Morgan fingerprint density at radius 2 is 0.667 bits per heavy atom. The van der Waals surface area contributed by atoms with Crippen LogP contribution in [0, 0.1) is 0 Å². The predicted molar refractivity (Wildman–Crippen MR) is 301 cm³/mol. The highest BCUT2D eigenvalue weighted by Gasteiger charge is 2.18. The summed E-state index contributed by atoms with van der Waals surface area (Å²) in [4.78, 5) is 24.6. The maximum Gasteiger partial charge on any atom is 0.305 e. The van der Waals surface area contributed by atoms with E-state index < -0.39 is 12.1 Å². The van der Waals surface area contributed by atoms with Gasteiger partial charge in [0.1, 0.15) is 0 Å². The topological polar surface area (TPSA) is 95.9 Å². The quantitative estimate of drug-likeness (QED) is 0.0321. The fraction of sp³-hybridized carbons (Fsp3) is 0.937. The van der Waals surface area contributed by atoms with E-state index in [0.29, 0.717) is 19.4 Å². The van der Waals surface area contributed by atoms with Crippen LogP contribution in [0.5, 0.6) is 0 Å². The van der Waals surface area contributed by atoms with E-state index in [-0.39, 0.29) is 18.5 Å². The molecule has 6 heteroatoms. The first kappa shape index (κ1) is 67.6. The first-order valence-corrected chi connectivity index (χ1v) is 31.5. The molecule has 410 valence electrons. The first-order chi connectivity index (χ1) is 34.0. The number of aliphatic hydroxyl groups excluding tert-OH is 2. The van der Waals surface area contributed by atoms with Crippen molar-refractivity contribution in [2.24, 2.45) is 0 Å². The summed E-state index contributed by atoms with van der Waals surface area (Å²) in [6, 6.07) is -0.631. The van der Waals surface area contributed by atoms with E-state index in [4.69, 9.17) is 4.74 Å². The smallest absolute Gasteiger partial charge is 0.305 e. The molecule has 0 spiro atoms. The van der Waals surface area contributed by atoms with E-state index in [1.807, 2.05) is 6.08 Å². The molecule has 0 aliphatic carbocycles. The van der Waals surface area contributed by atoms with E-state index in [1.54, 1.807) is 6.08 Å². The molecular weight excluding hydrogens is 851 g/mol. The first-order valence-electron chi connectivity index (χ1n) is 31.5. The summed E-state index contributed by atoms with van der Waals surface area (Å²) in [7, 11) is 0. The third-order valence-electron chi connectivity index (χ3n) is 14.8. The van der Waals surface area contributed by atoms with Gasteiger partial charge in [-0.05, 0) is 32.1 Å². The van der Waals surface area contributed by atoms with Gasteiger partial charge >= 0.3 is 5.97 Å². The number of hydrogen-bond acceptors (Lipinski definition) is 5. The molecule has 0 aliphatic rings. The number of carbonyl (C=O) groups is 2. The highest BCUT2D eigenvalue weighted by molar-refractivity contribution is 5.76. The number of ether oxygens (including phenoxy) is 1. The maximum atomic E-state index is 12.5. The van der Waals surface area contributed by atoms with Crippen molar-refractivity contribution in [3.05, 3.63) is 12.2 Å². The molecule has 0 rings (SSSR count). The average Bonchev–Trinajstić information content (AvgIpc) is 3.35. The van der Waals surface area contributed by atoms with Crippen molar-refractivity contribution < 1.29 is 24.5 Å².